The highest BCUT2D eigenvalue weighted by atomic mass is 19.4. The van der Waals surface area contributed by atoms with Gasteiger partial charge in [0.15, 0.2) is 6.10 Å². The first-order valence-corrected chi connectivity index (χ1v) is 10.4. The lowest BCUT2D eigenvalue weighted by atomic mass is 9.81. The van der Waals surface area contributed by atoms with Crippen molar-refractivity contribution in [2.24, 2.45) is 0 Å². The van der Waals surface area contributed by atoms with Crippen LogP contribution in [0.25, 0.3) is 0 Å². The Morgan fingerprint density at radius 3 is 2.58 bits per heavy atom. The largest absolute Gasteiger partial charge is 0.573 e. The lowest BCUT2D eigenvalue weighted by Gasteiger charge is -2.39. The molecular weight excluding hydrogens is 437 g/mol. The molecule has 0 saturated heterocycles. The Morgan fingerprint density at radius 2 is 1.82 bits per heavy atom. The van der Waals surface area contributed by atoms with E-state index in [9.17, 15) is 18.0 Å². The van der Waals surface area contributed by atoms with E-state index in [-0.39, 0.29) is 18.3 Å². The minimum Gasteiger partial charge on any atom is -0.491 e. The molecule has 0 saturated carbocycles. The molecule has 0 spiro atoms. The molecule has 2 aromatic carbocycles. The number of benzene rings is 2. The van der Waals surface area contributed by atoms with Crippen LogP contribution in [0.3, 0.4) is 0 Å². The molecule has 170 valence electrons. The van der Waals surface area contributed by atoms with E-state index in [1.807, 2.05) is 24.3 Å². The normalized spacial score (nSPS) is 21.2. The van der Waals surface area contributed by atoms with Gasteiger partial charge in [0.05, 0.1) is 6.61 Å². The van der Waals surface area contributed by atoms with Crippen LogP contribution < -0.4 is 19.5 Å². The molecule has 2 atom stereocenters. The first kappa shape index (κ1) is 21.1. The maximum absolute atomic E-state index is 13.3. The topological polar surface area (TPSA) is 69.7 Å². The molecule has 6 nitrogen and oxygen atoms in total. The molecule has 0 bridgehead atoms. The maximum Gasteiger partial charge on any atom is 0.573 e. The summed E-state index contributed by atoms with van der Waals surface area (Å²) < 4.78 is 53.4. The molecule has 5 rings (SSSR count). The minimum atomic E-state index is -4.80. The number of carbonyl (C=O) groups is 1. The third-order valence-corrected chi connectivity index (χ3v) is 5.77. The van der Waals surface area contributed by atoms with Gasteiger partial charge in [-0.05, 0) is 41.5 Å². The number of nitrogens with zero attached hydrogens (tertiary/aromatic N) is 1. The number of amides is 1. The van der Waals surface area contributed by atoms with E-state index < -0.39 is 18.0 Å². The summed E-state index contributed by atoms with van der Waals surface area (Å²) in [7, 11) is 0. The number of fused-ring (bicyclic) bond motifs is 2. The summed E-state index contributed by atoms with van der Waals surface area (Å²) in [6.45, 7) is 0.283. The second-order valence-electron chi connectivity index (χ2n) is 7.83. The number of aromatic nitrogens is 1. The van der Waals surface area contributed by atoms with Crippen molar-refractivity contribution in [3.63, 3.8) is 0 Å². The molecule has 1 aromatic heterocycles. The predicted octanol–water partition coefficient (Wildman–Crippen LogP) is 4.13. The second-order valence-corrected chi connectivity index (χ2v) is 7.83. The summed E-state index contributed by atoms with van der Waals surface area (Å²) >= 11 is 0. The van der Waals surface area contributed by atoms with Gasteiger partial charge in [-0.3, -0.25) is 9.78 Å². The molecule has 1 N–H and O–H groups in total. The van der Waals surface area contributed by atoms with Crippen LogP contribution in [0.2, 0.25) is 0 Å². The monoisotopic (exact) mass is 456 g/mol. The average Bonchev–Trinajstić information content (AvgIpc) is 3.23. The fourth-order valence-electron chi connectivity index (χ4n) is 4.30. The second kappa shape index (κ2) is 7.99. The predicted molar refractivity (Wildman–Crippen MR) is 111 cm³/mol. The standard InChI is InChI=1S/C24H19F3N2O4/c25-24(26,27)33-17-9-7-16(8-10-17)23(11-13-31-19-6-3-12-28-21(19)23)29-22(30)20-14-15-4-1-2-5-18(15)32-20/h1-10,12,20H,11,13-14H2,(H,29,30)/t20?,23-/m0/s1. The Kier molecular flexibility index (Phi) is 5.11. The zero-order valence-corrected chi connectivity index (χ0v) is 17.3. The van der Waals surface area contributed by atoms with Gasteiger partial charge in [-0.1, -0.05) is 30.3 Å². The molecule has 33 heavy (non-hydrogen) atoms. The molecule has 2 aliphatic heterocycles. The average molecular weight is 456 g/mol. The SMILES string of the molecule is O=C(N[C@]1(c2ccc(OC(F)(F)F)cc2)CCOc2cccnc21)C1Cc2ccccc2O1. The van der Waals surface area contributed by atoms with Crippen molar-refractivity contribution in [2.45, 2.75) is 30.8 Å². The summed E-state index contributed by atoms with van der Waals surface area (Å²) in [5.74, 6) is 0.456. The first-order chi connectivity index (χ1) is 15.8. The fraction of sp³-hybridized carbons (Fsp3) is 0.250. The Bertz CT molecular complexity index is 1160. The van der Waals surface area contributed by atoms with Gasteiger partial charge in [0.25, 0.3) is 5.91 Å². The number of nitrogens with one attached hydrogen (secondary N) is 1. The van der Waals surface area contributed by atoms with Gasteiger partial charge in [0, 0.05) is 19.0 Å². The molecule has 9 heteroatoms. The number of hydrogen-bond donors (Lipinski definition) is 1. The Hall–Kier alpha value is -3.75. The van der Waals surface area contributed by atoms with E-state index in [4.69, 9.17) is 9.47 Å². The number of rotatable bonds is 4. The van der Waals surface area contributed by atoms with Crippen LogP contribution in [0.4, 0.5) is 13.2 Å². The third-order valence-electron chi connectivity index (χ3n) is 5.77. The van der Waals surface area contributed by atoms with Crippen molar-refractivity contribution in [1.82, 2.24) is 10.3 Å². The van der Waals surface area contributed by atoms with Crippen molar-refractivity contribution >= 4 is 5.91 Å². The highest BCUT2D eigenvalue weighted by Gasteiger charge is 2.44. The summed E-state index contributed by atoms with van der Waals surface area (Å²) in [6, 6.07) is 16.3. The number of ether oxygens (including phenoxy) is 3. The molecule has 3 aromatic rings. The lowest BCUT2D eigenvalue weighted by Crippen LogP contribution is -2.53. The number of halogens is 3. The summed E-state index contributed by atoms with van der Waals surface area (Å²) in [5.41, 5.74) is 0.862. The van der Waals surface area contributed by atoms with Gasteiger partial charge in [-0.15, -0.1) is 13.2 Å². The minimum absolute atomic E-state index is 0.283. The lowest BCUT2D eigenvalue weighted by molar-refractivity contribution is -0.274. The maximum atomic E-state index is 13.3. The van der Waals surface area contributed by atoms with E-state index in [1.54, 1.807) is 18.3 Å². The first-order valence-electron chi connectivity index (χ1n) is 10.4. The van der Waals surface area contributed by atoms with Crippen LogP contribution in [-0.4, -0.2) is 30.0 Å². The van der Waals surface area contributed by atoms with Crippen LogP contribution >= 0.6 is 0 Å². The van der Waals surface area contributed by atoms with Crippen molar-refractivity contribution in [1.29, 1.82) is 0 Å². The highest BCUT2D eigenvalue weighted by molar-refractivity contribution is 5.84. The van der Waals surface area contributed by atoms with Gasteiger partial charge in [0.2, 0.25) is 0 Å². The Labute approximate surface area is 187 Å². The van der Waals surface area contributed by atoms with Crippen LogP contribution in [-0.2, 0) is 16.8 Å². The van der Waals surface area contributed by atoms with Crippen molar-refractivity contribution in [3.05, 3.63) is 83.7 Å². The number of alkyl halides is 3. The zero-order valence-electron chi connectivity index (χ0n) is 17.3. The van der Waals surface area contributed by atoms with E-state index in [0.29, 0.717) is 35.6 Å². The summed E-state index contributed by atoms with van der Waals surface area (Å²) in [5, 5.41) is 3.08. The van der Waals surface area contributed by atoms with Gasteiger partial charge >= 0.3 is 6.36 Å². The molecule has 0 radical (unpaired) electrons. The van der Waals surface area contributed by atoms with Crippen LogP contribution in [0.15, 0.2) is 66.9 Å². The van der Waals surface area contributed by atoms with E-state index in [1.165, 1.54) is 24.3 Å². The molecule has 0 aliphatic carbocycles. The summed E-state index contributed by atoms with van der Waals surface area (Å²) in [6.07, 6.45) is -3.20. The molecular formula is C24H19F3N2O4. The zero-order chi connectivity index (χ0) is 23.1. The van der Waals surface area contributed by atoms with E-state index in [0.717, 1.165) is 5.56 Å². The molecule has 0 fully saturated rings. The smallest absolute Gasteiger partial charge is 0.491 e. The van der Waals surface area contributed by atoms with Crippen molar-refractivity contribution < 1.29 is 32.2 Å². The van der Waals surface area contributed by atoms with Crippen LogP contribution in [0.5, 0.6) is 17.2 Å². The Balaban J connectivity index is 1.49. The van der Waals surface area contributed by atoms with Crippen molar-refractivity contribution in [3.8, 4) is 17.2 Å². The molecule has 1 amide bonds. The summed E-state index contributed by atoms with van der Waals surface area (Å²) in [4.78, 5) is 17.8. The number of hydrogen-bond acceptors (Lipinski definition) is 5. The van der Waals surface area contributed by atoms with Gasteiger partial charge in [0.1, 0.15) is 28.5 Å². The van der Waals surface area contributed by atoms with E-state index >= 15 is 0 Å². The number of para-hydroxylation sites is 1. The van der Waals surface area contributed by atoms with E-state index in [2.05, 4.69) is 15.0 Å². The quantitative estimate of drug-likeness (QED) is 0.640. The number of pyridine rings is 1. The fourth-order valence-corrected chi connectivity index (χ4v) is 4.30. The van der Waals surface area contributed by atoms with Gasteiger partial charge < -0.3 is 19.5 Å². The molecule has 2 aliphatic rings. The molecule has 1 unspecified atom stereocenters. The molecule has 3 heterocycles. The third kappa shape index (κ3) is 4.06. The van der Waals surface area contributed by atoms with Crippen molar-refractivity contribution in [2.75, 3.05) is 6.61 Å². The number of carbonyl (C=O) groups excluding carboxylic acids is 1. The van der Waals surface area contributed by atoms with Gasteiger partial charge in [-0.25, -0.2) is 0 Å². The highest BCUT2D eigenvalue weighted by Crippen LogP contribution is 2.41. The Morgan fingerprint density at radius 1 is 1.06 bits per heavy atom. The van der Waals surface area contributed by atoms with Gasteiger partial charge in [-0.2, -0.15) is 0 Å². The van der Waals surface area contributed by atoms with Crippen LogP contribution in [0, 0.1) is 0 Å². The van der Waals surface area contributed by atoms with Crippen LogP contribution in [0.1, 0.15) is 23.2 Å².